The number of ether oxygens (including phenoxy) is 7. The van der Waals surface area contributed by atoms with Crippen LogP contribution in [-0.4, -0.2) is 181 Å². The fourth-order valence-corrected chi connectivity index (χ4v) is 16.1. The van der Waals surface area contributed by atoms with Crippen LogP contribution in [0.25, 0.3) is 0 Å². The van der Waals surface area contributed by atoms with Crippen molar-refractivity contribution < 1.29 is 84.2 Å². The highest BCUT2D eigenvalue weighted by molar-refractivity contribution is 5.29. The van der Waals surface area contributed by atoms with E-state index in [4.69, 9.17) is 33.2 Å². The maximum absolute atomic E-state index is 12.2. The second-order valence-corrected chi connectivity index (χ2v) is 23.5. The maximum Gasteiger partial charge on any atom is 0.187 e. The van der Waals surface area contributed by atoms with E-state index in [1.54, 1.807) is 0 Å². The molecule has 0 aromatic heterocycles. The quantitative estimate of drug-likeness (QED) is 0.152. The second-order valence-electron chi connectivity index (χ2n) is 23.5. The summed E-state index contributed by atoms with van der Waals surface area (Å²) in [6.07, 6.45) is -13.8. The summed E-state index contributed by atoms with van der Waals surface area (Å²) < 4.78 is 42.7. The van der Waals surface area contributed by atoms with Crippen LogP contribution in [0.5, 0.6) is 0 Å². The minimum atomic E-state index is -1.75. The van der Waals surface area contributed by atoms with Crippen molar-refractivity contribution in [2.75, 3.05) is 26.4 Å². The first-order chi connectivity index (χ1) is 29.4. The number of aliphatic hydroxyl groups excluding tert-OH is 10. The number of rotatable bonds is 7. The maximum atomic E-state index is 12.2. The van der Waals surface area contributed by atoms with E-state index >= 15 is 0 Å². The highest BCUT2D eigenvalue weighted by atomic mass is 16.8. The first kappa shape index (κ1) is 47.4. The van der Waals surface area contributed by atoms with Crippen molar-refractivity contribution in [1.29, 1.82) is 0 Å². The van der Waals surface area contributed by atoms with Gasteiger partial charge in [-0.1, -0.05) is 48.5 Å². The summed E-state index contributed by atoms with van der Waals surface area (Å²) in [5.74, 6) is 0.693. The number of aliphatic hydroxyl groups is 10. The largest absolute Gasteiger partial charge is 0.394 e. The van der Waals surface area contributed by atoms with Crippen LogP contribution in [0.15, 0.2) is 0 Å². The Morgan fingerprint density at radius 1 is 0.587 bits per heavy atom. The van der Waals surface area contributed by atoms with Gasteiger partial charge in [-0.2, -0.15) is 0 Å². The molecule has 0 unspecified atom stereocenters. The van der Waals surface area contributed by atoms with E-state index in [0.717, 1.165) is 38.5 Å². The van der Waals surface area contributed by atoms with Crippen LogP contribution < -0.4 is 0 Å². The summed E-state index contributed by atoms with van der Waals surface area (Å²) in [4.78, 5) is 0. The Kier molecular flexibility index (Phi) is 12.0. The average Bonchev–Trinajstić information content (AvgIpc) is 3.49. The molecule has 2 bridgehead atoms. The summed E-state index contributed by atoms with van der Waals surface area (Å²) in [6, 6.07) is 0. The van der Waals surface area contributed by atoms with Crippen molar-refractivity contribution in [1.82, 2.24) is 0 Å². The van der Waals surface area contributed by atoms with Crippen molar-refractivity contribution in [2.45, 2.75) is 210 Å². The topological polar surface area (TPSA) is 267 Å². The van der Waals surface area contributed by atoms with Crippen molar-refractivity contribution in [2.24, 2.45) is 50.2 Å². The van der Waals surface area contributed by atoms with Gasteiger partial charge in [0.25, 0.3) is 0 Å². The fourth-order valence-electron chi connectivity index (χ4n) is 16.1. The van der Waals surface area contributed by atoms with Crippen LogP contribution in [0.1, 0.15) is 106 Å². The predicted molar refractivity (Wildman–Crippen MR) is 219 cm³/mol. The molecule has 4 heterocycles. The van der Waals surface area contributed by atoms with Crippen molar-refractivity contribution >= 4 is 0 Å². The minimum absolute atomic E-state index is 0.0522. The normalized spacial score (nSPS) is 58.5. The Balaban J connectivity index is 0.883. The molecular weight excluding hydrogens is 824 g/mol. The monoisotopic (exact) mass is 901 g/mol. The lowest BCUT2D eigenvalue weighted by Gasteiger charge is -2.75. The van der Waals surface area contributed by atoms with Gasteiger partial charge in [0.1, 0.15) is 61.0 Å². The summed E-state index contributed by atoms with van der Waals surface area (Å²) in [5.41, 5.74) is -1.94. The second kappa shape index (κ2) is 15.9. The molecule has 10 N–H and O–H groups in total. The van der Waals surface area contributed by atoms with Gasteiger partial charge in [0, 0.05) is 11.3 Å². The van der Waals surface area contributed by atoms with Gasteiger partial charge in [0.05, 0.1) is 55.8 Å². The molecule has 0 amide bonds. The van der Waals surface area contributed by atoms with Gasteiger partial charge in [-0.05, 0) is 91.3 Å². The lowest BCUT2D eigenvalue weighted by Crippen LogP contribution is -2.75. The molecule has 9 fully saturated rings. The van der Waals surface area contributed by atoms with Crippen molar-refractivity contribution in [3.63, 3.8) is 0 Å². The third-order valence-corrected chi connectivity index (χ3v) is 19.7. The molecule has 63 heavy (non-hydrogen) atoms. The van der Waals surface area contributed by atoms with Gasteiger partial charge in [0.15, 0.2) is 18.9 Å². The zero-order valence-corrected chi connectivity index (χ0v) is 38.0. The summed E-state index contributed by atoms with van der Waals surface area (Å²) in [5, 5.41) is 109. The molecule has 4 saturated heterocycles. The lowest BCUT2D eigenvalue weighted by molar-refractivity contribution is -0.378. The zero-order chi connectivity index (χ0) is 45.6. The highest BCUT2D eigenvalue weighted by Crippen LogP contribution is 2.80. The minimum Gasteiger partial charge on any atom is -0.394 e. The first-order valence-electron chi connectivity index (χ1n) is 23.6. The van der Waals surface area contributed by atoms with Gasteiger partial charge in [0.2, 0.25) is 0 Å². The van der Waals surface area contributed by atoms with Crippen LogP contribution in [0.3, 0.4) is 0 Å². The standard InChI is InChI=1S/C46H76O17/c1-40(2)14-26-45(27(49)15-40)20-59-46(26)13-9-25-42(5)11-10-29(41(3,4)24(42)8-12-43(25,6)44(46,7)16-28(45)50)62-37-35(56)32(53)23(19-58-37)61-39-36(33(54)31(52)22(17-47)60-39)63-38-34(55)30(51)21(48)18-57-38/h21-39,47-56H,8-20H2,1-7H3/t21-,22-,23+,24+,25-,26-,27+,28-,29+,30+,31-,32+,33+,34-,35-,36-,37+,38+,39+,42+,43-,44+,45-,46+/m1/s1. The number of hydrogen-bond acceptors (Lipinski definition) is 17. The van der Waals surface area contributed by atoms with Gasteiger partial charge in [-0.25, -0.2) is 0 Å². The predicted octanol–water partition coefficient (Wildman–Crippen LogP) is 0.0741. The molecule has 1 spiro atoms. The van der Waals surface area contributed by atoms with Gasteiger partial charge < -0.3 is 84.2 Å². The Labute approximate surface area is 370 Å². The number of hydrogen-bond donors (Lipinski definition) is 10. The smallest absolute Gasteiger partial charge is 0.187 e. The highest BCUT2D eigenvalue weighted by Gasteiger charge is 2.81. The summed E-state index contributed by atoms with van der Waals surface area (Å²) in [7, 11) is 0. The molecule has 17 nitrogen and oxygen atoms in total. The molecule has 9 aliphatic rings. The van der Waals surface area contributed by atoms with E-state index in [1.807, 2.05) is 0 Å². The summed E-state index contributed by atoms with van der Waals surface area (Å²) >= 11 is 0. The van der Waals surface area contributed by atoms with E-state index in [1.165, 1.54) is 0 Å². The molecule has 17 heteroatoms. The van der Waals surface area contributed by atoms with Crippen molar-refractivity contribution in [3.05, 3.63) is 0 Å². The van der Waals surface area contributed by atoms with Crippen LogP contribution in [0.2, 0.25) is 0 Å². The van der Waals surface area contributed by atoms with Crippen LogP contribution in [-0.2, 0) is 33.2 Å². The third-order valence-electron chi connectivity index (χ3n) is 19.7. The van der Waals surface area contributed by atoms with Crippen LogP contribution in [0.4, 0.5) is 0 Å². The SMILES string of the molecule is CC1(C)C[C@@H]2[C@]3(CO[C@@]24CC[C@@H]2[C@@]5(C)CC[C@H](O[C@@H]6OC[C@H](O[C@@H]7O[C@H](CO)[C@@H](O)[C@H](O)[C@H]7O[C@@H]7OC[C@@H](O)[C@H](O)[C@H]7O)[C@H](O)[C@H]6O)C(C)(C)[C@@H]5CC[C@@]2(C)[C@]4(C)C[C@H]3O)[C@@H](O)C1. The summed E-state index contributed by atoms with van der Waals surface area (Å²) in [6.45, 7) is 15.3. The molecule has 0 aromatic carbocycles. The molecule has 9 rings (SSSR count). The Hall–Kier alpha value is -0.680. The molecule has 0 radical (unpaired) electrons. The van der Waals surface area contributed by atoms with E-state index in [-0.39, 0.29) is 51.6 Å². The van der Waals surface area contributed by atoms with Crippen molar-refractivity contribution in [3.8, 4) is 0 Å². The Bertz CT molecular complexity index is 1690. The van der Waals surface area contributed by atoms with E-state index in [2.05, 4.69) is 48.5 Å². The molecule has 24 atom stereocenters. The van der Waals surface area contributed by atoms with Gasteiger partial charge in [-0.3, -0.25) is 0 Å². The molecule has 0 aromatic rings. The molecule has 5 saturated carbocycles. The van der Waals surface area contributed by atoms with E-state index in [9.17, 15) is 51.1 Å². The first-order valence-corrected chi connectivity index (χ1v) is 23.6. The molecule has 4 aliphatic heterocycles. The molecule has 362 valence electrons. The van der Waals surface area contributed by atoms with Gasteiger partial charge in [-0.15, -0.1) is 0 Å². The van der Waals surface area contributed by atoms with E-state index in [0.29, 0.717) is 31.8 Å². The van der Waals surface area contributed by atoms with Crippen LogP contribution >= 0.6 is 0 Å². The van der Waals surface area contributed by atoms with Gasteiger partial charge >= 0.3 is 0 Å². The molecule has 5 aliphatic carbocycles. The fraction of sp³-hybridized carbons (Fsp3) is 1.00. The average molecular weight is 901 g/mol. The third kappa shape index (κ3) is 6.71. The number of fused-ring (bicyclic) bond motifs is 4. The van der Waals surface area contributed by atoms with Crippen LogP contribution in [0, 0.1) is 50.2 Å². The van der Waals surface area contributed by atoms with E-state index < -0.39 is 116 Å². The Morgan fingerprint density at radius 2 is 1.24 bits per heavy atom. The Morgan fingerprint density at radius 3 is 1.95 bits per heavy atom. The molecular formula is C46H76O17. The lowest BCUT2D eigenvalue weighted by atomic mass is 9.30. The zero-order valence-electron chi connectivity index (χ0n) is 38.0.